The van der Waals surface area contributed by atoms with Gasteiger partial charge in [-0.05, 0) is 25.0 Å². The largest absolute Gasteiger partial charge is 0.435 e. The van der Waals surface area contributed by atoms with E-state index >= 15 is 0 Å². The van der Waals surface area contributed by atoms with Gasteiger partial charge in [-0.2, -0.15) is 13.2 Å². The van der Waals surface area contributed by atoms with Crippen LogP contribution in [-0.4, -0.2) is 46.3 Å². The lowest BCUT2D eigenvalue weighted by Gasteiger charge is -2.23. The predicted octanol–water partition coefficient (Wildman–Crippen LogP) is 2.74. The van der Waals surface area contributed by atoms with Crippen LogP contribution in [0.4, 0.5) is 24.8 Å². The molecule has 0 aromatic carbocycles. The lowest BCUT2D eigenvalue weighted by Crippen LogP contribution is -2.30. The number of rotatable bonds is 3. The smallest absolute Gasteiger partial charge is 0.356 e. The average Bonchev–Trinajstić information content (AvgIpc) is 3.31. The van der Waals surface area contributed by atoms with Gasteiger partial charge in [0, 0.05) is 55.7 Å². The van der Waals surface area contributed by atoms with Crippen LogP contribution in [0.2, 0.25) is 0 Å². The molecule has 27 heavy (non-hydrogen) atoms. The van der Waals surface area contributed by atoms with E-state index in [4.69, 9.17) is 0 Å². The number of hydrogen-bond donors (Lipinski definition) is 0. The van der Waals surface area contributed by atoms with Gasteiger partial charge in [-0.1, -0.05) is 0 Å². The Labute approximate surface area is 154 Å². The van der Waals surface area contributed by atoms with E-state index < -0.39 is 11.9 Å². The highest BCUT2D eigenvalue weighted by molar-refractivity contribution is 5.45. The molecule has 142 valence electrons. The van der Waals surface area contributed by atoms with E-state index in [2.05, 4.69) is 31.1 Å². The Morgan fingerprint density at radius 2 is 1.52 bits per heavy atom. The molecule has 1 aliphatic carbocycles. The van der Waals surface area contributed by atoms with Crippen molar-refractivity contribution in [1.29, 1.82) is 0 Å². The highest BCUT2D eigenvalue weighted by atomic mass is 19.4. The van der Waals surface area contributed by atoms with Gasteiger partial charge >= 0.3 is 6.18 Å². The van der Waals surface area contributed by atoms with Gasteiger partial charge in [0.1, 0.15) is 12.1 Å². The summed E-state index contributed by atoms with van der Waals surface area (Å²) >= 11 is 0. The molecule has 0 radical (unpaired) electrons. The molecule has 2 aromatic rings. The molecule has 1 saturated carbocycles. The zero-order valence-corrected chi connectivity index (χ0v) is 14.6. The van der Waals surface area contributed by atoms with Crippen LogP contribution in [0, 0.1) is 11.8 Å². The number of alkyl halides is 3. The van der Waals surface area contributed by atoms with E-state index in [1.165, 1.54) is 18.9 Å². The van der Waals surface area contributed by atoms with Gasteiger partial charge in [0.25, 0.3) is 0 Å². The van der Waals surface area contributed by atoms with E-state index in [1.807, 2.05) is 4.90 Å². The molecule has 3 aliphatic rings. The lowest BCUT2D eigenvalue weighted by atomic mass is 10.0. The van der Waals surface area contributed by atoms with E-state index in [1.54, 1.807) is 6.33 Å². The molecule has 0 amide bonds. The number of nitrogens with zero attached hydrogens (tertiary/aromatic N) is 6. The summed E-state index contributed by atoms with van der Waals surface area (Å²) in [4.78, 5) is 13.2. The standard InChI is InChI=1S/C18H19F3N6/c19-18(20,21)15-3-4-16(25-24-15)26-6-12-8-27(9-13(12)7-26)17-5-14(11-1-2-11)22-10-23-17/h3-5,10-13H,1-2,6-9H2. The van der Waals surface area contributed by atoms with Crippen molar-refractivity contribution in [3.63, 3.8) is 0 Å². The fourth-order valence-corrected chi connectivity index (χ4v) is 4.15. The first-order valence-electron chi connectivity index (χ1n) is 9.20. The van der Waals surface area contributed by atoms with Crippen molar-refractivity contribution in [2.24, 2.45) is 11.8 Å². The molecular formula is C18H19F3N6. The van der Waals surface area contributed by atoms with Gasteiger partial charge in [0.15, 0.2) is 11.5 Å². The summed E-state index contributed by atoms with van der Waals surface area (Å²) < 4.78 is 37.9. The van der Waals surface area contributed by atoms with E-state index in [0.29, 0.717) is 23.6 Å². The van der Waals surface area contributed by atoms with Gasteiger partial charge in [0.05, 0.1) is 0 Å². The Kier molecular flexibility index (Phi) is 3.73. The topological polar surface area (TPSA) is 58.0 Å². The van der Waals surface area contributed by atoms with Crippen molar-refractivity contribution in [1.82, 2.24) is 20.2 Å². The van der Waals surface area contributed by atoms with Crippen LogP contribution in [-0.2, 0) is 6.18 Å². The summed E-state index contributed by atoms with van der Waals surface area (Å²) in [6.07, 6.45) is -0.374. The second-order valence-corrected chi connectivity index (χ2v) is 7.68. The maximum Gasteiger partial charge on any atom is 0.435 e. The highest BCUT2D eigenvalue weighted by Crippen LogP contribution is 2.40. The number of halogens is 3. The van der Waals surface area contributed by atoms with Gasteiger partial charge < -0.3 is 9.80 Å². The molecule has 9 heteroatoms. The minimum atomic E-state index is -4.45. The third-order valence-electron chi connectivity index (χ3n) is 5.74. The monoisotopic (exact) mass is 376 g/mol. The lowest BCUT2D eigenvalue weighted by molar-refractivity contribution is -0.141. The molecule has 2 aliphatic heterocycles. The summed E-state index contributed by atoms with van der Waals surface area (Å²) in [7, 11) is 0. The molecular weight excluding hydrogens is 357 g/mol. The maximum absolute atomic E-state index is 12.6. The first-order chi connectivity index (χ1) is 13.0. The molecule has 5 rings (SSSR count). The minimum Gasteiger partial charge on any atom is -0.356 e. The molecule has 2 atom stereocenters. The van der Waals surface area contributed by atoms with E-state index in [-0.39, 0.29) is 0 Å². The zero-order valence-electron chi connectivity index (χ0n) is 14.6. The Balaban J connectivity index is 1.25. The van der Waals surface area contributed by atoms with Crippen LogP contribution in [0.3, 0.4) is 0 Å². The third kappa shape index (κ3) is 3.19. The van der Waals surface area contributed by atoms with Gasteiger partial charge in [-0.3, -0.25) is 0 Å². The number of fused-ring (bicyclic) bond motifs is 1. The molecule has 4 heterocycles. The van der Waals surface area contributed by atoms with Gasteiger partial charge in [-0.25, -0.2) is 9.97 Å². The van der Waals surface area contributed by atoms with Crippen molar-refractivity contribution >= 4 is 11.6 Å². The predicted molar refractivity (Wildman–Crippen MR) is 92.4 cm³/mol. The summed E-state index contributed by atoms with van der Waals surface area (Å²) in [6.45, 7) is 3.36. The maximum atomic E-state index is 12.6. The molecule has 0 spiro atoms. The van der Waals surface area contributed by atoms with Crippen LogP contribution in [0.5, 0.6) is 0 Å². The molecule has 0 bridgehead atoms. The van der Waals surface area contributed by atoms with Crippen molar-refractivity contribution in [2.45, 2.75) is 24.9 Å². The number of anilines is 2. The summed E-state index contributed by atoms with van der Waals surface area (Å²) in [5.41, 5.74) is 0.186. The van der Waals surface area contributed by atoms with Crippen LogP contribution in [0.1, 0.15) is 30.1 Å². The molecule has 2 aromatic heterocycles. The van der Waals surface area contributed by atoms with Gasteiger partial charge in [0.2, 0.25) is 0 Å². The SMILES string of the molecule is FC(F)(F)c1ccc(N2CC3CN(c4cc(C5CC5)ncn4)CC3C2)nn1. The van der Waals surface area contributed by atoms with Crippen LogP contribution >= 0.6 is 0 Å². The average molecular weight is 376 g/mol. The second kappa shape index (κ2) is 6.03. The summed E-state index contributed by atoms with van der Waals surface area (Å²) in [6, 6.07) is 4.53. The van der Waals surface area contributed by atoms with Crippen molar-refractivity contribution in [2.75, 3.05) is 36.0 Å². The molecule has 3 fully saturated rings. The Morgan fingerprint density at radius 1 is 0.852 bits per heavy atom. The summed E-state index contributed by atoms with van der Waals surface area (Å²) in [5.74, 6) is 3.01. The quantitative estimate of drug-likeness (QED) is 0.821. The van der Waals surface area contributed by atoms with Crippen molar-refractivity contribution in [3.05, 3.63) is 35.9 Å². The Hall–Kier alpha value is -2.45. The third-order valence-corrected chi connectivity index (χ3v) is 5.74. The Morgan fingerprint density at radius 3 is 2.07 bits per heavy atom. The van der Waals surface area contributed by atoms with Crippen LogP contribution < -0.4 is 9.80 Å². The van der Waals surface area contributed by atoms with Crippen LogP contribution in [0.15, 0.2) is 24.5 Å². The molecule has 2 saturated heterocycles. The minimum absolute atomic E-state index is 0.452. The fraction of sp³-hybridized carbons (Fsp3) is 0.556. The number of hydrogen-bond acceptors (Lipinski definition) is 6. The molecule has 2 unspecified atom stereocenters. The summed E-state index contributed by atoms with van der Waals surface area (Å²) in [5, 5.41) is 7.13. The number of aromatic nitrogens is 4. The van der Waals surface area contributed by atoms with Crippen LogP contribution in [0.25, 0.3) is 0 Å². The van der Waals surface area contributed by atoms with E-state index in [0.717, 1.165) is 43.8 Å². The van der Waals surface area contributed by atoms with Crippen molar-refractivity contribution in [3.8, 4) is 0 Å². The van der Waals surface area contributed by atoms with Crippen molar-refractivity contribution < 1.29 is 13.2 Å². The first kappa shape index (κ1) is 16.7. The van der Waals surface area contributed by atoms with E-state index in [9.17, 15) is 13.2 Å². The highest BCUT2D eigenvalue weighted by Gasteiger charge is 2.41. The normalized spacial score (nSPS) is 25.1. The molecule has 0 N–H and O–H groups in total. The zero-order chi connectivity index (χ0) is 18.6. The molecule has 6 nitrogen and oxygen atoms in total. The Bertz CT molecular complexity index is 822. The first-order valence-corrected chi connectivity index (χ1v) is 9.20. The second-order valence-electron chi connectivity index (χ2n) is 7.68. The van der Waals surface area contributed by atoms with Gasteiger partial charge in [-0.15, -0.1) is 10.2 Å². The fourth-order valence-electron chi connectivity index (χ4n) is 4.15.